The van der Waals surface area contributed by atoms with Crippen molar-refractivity contribution in [2.45, 2.75) is 6.29 Å². The smallest absolute Gasteiger partial charge is 0.176 e. The lowest BCUT2D eigenvalue weighted by molar-refractivity contribution is -0.0936. The average molecular weight is 307 g/mol. The summed E-state index contributed by atoms with van der Waals surface area (Å²) in [7, 11) is 3.17. The van der Waals surface area contributed by atoms with Gasteiger partial charge in [-0.15, -0.1) is 0 Å². The minimum absolute atomic E-state index is 0.303. The standard InChI is InChI=1S/C11H13BrClNO2/c1-15-11(16-2)7-14-6-8-3-4-9(13)5-10(8)12/h3-6,11H,7H2,1-2H3. The molecule has 0 heterocycles. The fourth-order valence-electron chi connectivity index (χ4n) is 1.09. The van der Waals surface area contributed by atoms with Crippen molar-refractivity contribution in [3.8, 4) is 0 Å². The van der Waals surface area contributed by atoms with E-state index in [0.717, 1.165) is 10.0 Å². The van der Waals surface area contributed by atoms with Crippen molar-refractivity contribution in [2.24, 2.45) is 4.99 Å². The molecule has 0 unspecified atom stereocenters. The Balaban J connectivity index is 2.62. The molecule has 88 valence electrons. The first-order chi connectivity index (χ1) is 7.67. The summed E-state index contributed by atoms with van der Waals surface area (Å²) in [5.74, 6) is 0. The number of halogens is 2. The summed E-state index contributed by atoms with van der Waals surface area (Å²) in [5, 5.41) is 0.690. The molecule has 0 saturated heterocycles. The Labute approximate surface area is 109 Å². The van der Waals surface area contributed by atoms with E-state index in [9.17, 15) is 0 Å². The van der Waals surface area contributed by atoms with Gasteiger partial charge >= 0.3 is 0 Å². The first-order valence-electron chi connectivity index (χ1n) is 4.68. The SMILES string of the molecule is COC(CN=Cc1ccc(Cl)cc1Br)OC. The first-order valence-corrected chi connectivity index (χ1v) is 5.85. The molecule has 1 aromatic carbocycles. The van der Waals surface area contributed by atoms with Crippen LogP contribution in [0.5, 0.6) is 0 Å². The number of hydrogen-bond donors (Lipinski definition) is 0. The van der Waals surface area contributed by atoms with E-state index in [2.05, 4.69) is 20.9 Å². The highest BCUT2D eigenvalue weighted by molar-refractivity contribution is 9.10. The molecule has 0 radical (unpaired) electrons. The molecule has 0 fully saturated rings. The molecule has 1 aromatic rings. The second kappa shape index (κ2) is 7.01. The molecule has 1 rings (SSSR count). The Kier molecular flexibility index (Phi) is 5.98. The number of methoxy groups -OCH3 is 2. The molecule has 0 bridgehead atoms. The number of ether oxygens (including phenoxy) is 2. The second-order valence-electron chi connectivity index (χ2n) is 3.06. The summed E-state index contributed by atoms with van der Waals surface area (Å²) in [5.41, 5.74) is 0.968. The van der Waals surface area contributed by atoms with Crippen molar-refractivity contribution >= 4 is 33.7 Å². The minimum Gasteiger partial charge on any atom is -0.354 e. The predicted octanol–water partition coefficient (Wildman–Crippen LogP) is 3.14. The summed E-state index contributed by atoms with van der Waals surface area (Å²) < 4.78 is 10.9. The zero-order valence-electron chi connectivity index (χ0n) is 9.11. The highest BCUT2D eigenvalue weighted by Gasteiger charge is 2.02. The summed E-state index contributed by atoms with van der Waals surface area (Å²) in [4.78, 5) is 4.23. The van der Waals surface area contributed by atoms with Crippen LogP contribution in [0.15, 0.2) is 27.7 Å². The van der Waals surface area contributed by atoms with Crippen LogP contribution in [0.2, 0.25) is 5.02 Å². The molecular formula is C11H13BrClNO2. The Hall–Kier alpha value is -0.420. The van der Waals surface area contributed by atoms with Crippen molar-refractivity contribution in [1.29, 1.82) is 0 Å². The van der Waals surface area contributed by atoms with Crippen LogP contribution in [0, 0.1) is 0 Å². The Morgan fingerprint density at radius 3 is 2.69 bits per heavy atom. The van der Waals surface area contributed by atoms with Crippen molar-refractivity contribution < 1.29 is 9.47 Å². The van der Waals surface area contributed by atoms with Gasteiger partial charge in [-0.05, 0) is 12.1 Å². The Morgan fingerprint density at radius 1 is 1.44 bits per heavy atom. The lowest BCUT2D eigenvalue weighted by Gasteiger charge is -2.09. The van der Waals surface area contributed by atoms with Gasteiger partial charge in [0.05, 0.1) is 6.54 Å². The highest BCUT2D eigenvalue weighted by Crippen LogP contribution is 2.20. The molecule has 0 spiro atoms. The molecular weight excluding hydrogens is 293 g/mol. The molecule has 0 aromatic heterocycles. The molecule has 5 heteroatoms. The van der Waals surface area contributed by atoms with Crippen LogP contribution >= 0.6 is 27.5 Å². The summed E-state index contributed by atoms with van der Waals surface area (Å²) in [6.07, 6.45) is 1.45. The number of hydrogen-bond acceptors (Lipinski definition) is 3. The van der Waals surface area contributed by atoms with Crippen LogP contribution in [-0.4, -0.2) is 33.3 Å². The predicted molar refractivity (Wildman–Crippen MR) is 69.4 cm³/mol. The third kappa shape index (κ3) is 4.22. The maximum atomic E-state index is 5.83. The van der Waals surface area contributed by atoms with Crippen LogP contribution < -0.4 is 0 Å². The van der Waals surface area contributed by atoms with Crippen LogP contribution in [0.1, 0.15) is 5.56 Å². The highest BCUT2D eigenvalue weighted by atomic mass is 79.9. The van der Waals surface area contributed by atoms with Crippen LogP contribution in [-0.2, 0) is 9.47 Å². The lowest BCUT2D eigenvalue weighted by Crippen LogP contribution is -2.16. The quantitative estimate of drug-likeness (QED) is 0.618. The van der Waals surface area contributed by atoms with E-state index < -0.39 is 0 Å². The molecule has 0 N–H and O–H groups in total. The summed E-state index contributed by atoms with van der Waals surface area (Å²) in [6.45, 7) is 0.460. The van der Waals surface area contributed by atoms with Crippen LogP contribution in [0.4, 0.5) is 0 Å². The van der Waals surface area contributed by atoms with Gasteiger partial charge < -0.3 is 9.47 Å². The number of rotatable bonds is 5. The topological polar surface area (TPSA) is 30.8 Å². The van der Waals surface area contributed by atoms with Crippen molar-refractivity contribution in [1.82, 2.24) is 0 Å². The van der Waals surface area contributed by atoms with Gasteiger partial charge in [0.1, 0.15) is 0 Å². The largest absolute Gasteiger partial charge is 0.354 e. The zero-order valence-corrected chi connectivity index (χ0v) is 11.5. The molecule has 3 nitrogen and oxygen atoms in total. The second-order valence-corrected chi connectivity index (χ2v) is 4.35. The van der Waals surface area contributed by atoms with Crippen LogP contribution in [0.3, 0.4) is 0 Å². The van der Waals surface area contributed by atoms with E-state index in [4.69, 9.17) is 21.1 Å². The maximum absolute atomic E-state index is 5.83. The Morgan fingerprint density at radius 2 is 2.12 bits per heavy atom. The molecule has 0 saturated carbocycles. The van der Waals surface area contributed by atoms with Gasteiger partial charge in [-0.25, -0.2) is 0 Å². The third-order valence-electron chi connectivity index (χ3n) is 1.97. The zero-order chi connectivity index (χ0) is 12.0. The van der Waals surface area contributed by atoms with E-state index in [-0.39, 0.29) is 6.29 Å². The summed E-state index contributed by atoms with van der Waals surface area (Å²) >= 11 is 9.24. The van der Waals surface area contributed by atoms with E-state index >= 15 is 0 Å². The third-order valence-corrected chi connectivity index (χ3v) is 2.89. The first kappa shape index (κ1) is 13.6. The number of benzene rings is 1. The number of nitrogens with zero attached hydrogens (tertiary/aromatic N) is 1. The fourth-order valence-corrected chi connectivity index (χ4v) is 1.87. The molecule has 0 aliphatic rings. The molecule has 0 amide bonds. The molecule has 16 heavy (non-hydrogen) atoms. The van der Waals surface area contributed by atoms with E-state index in [1.54, 1.807) is 20.4 Å². The molecule has 0 aliphatic carbocycles. The summed E-state index contributed by atoms with van der Waals surface area (Å²) in [6, 6.07) is 5.54. The van der Waals surface area contributed by atoms with Gasteiger partial charge in [-0.3, -0.25) is 4.99 Å². The van der Waals surface area contributed by atoms with E-state index in [0.29, 0.717) is 11.6 Å². The normalized spacial score (nSPS) is 11.6. The molecule has 0 aliphatic heterocycles. The fraction of sp³-hybridized carbons (Fsp3) is 0.364. The van der Waals surface area contributed by atoms with E-state index in [1.165, 1.54) is 0 Å². The van der Waals surface area contributed by atoms with Gasteiger partial charge in [0, 0.05) is 35.5 Å². The molecule has 0 atom stereocenters. The van der Waals surface area contributed by atoms with Gasteiger partial charge in [0.25, 0.3) is 0 Å². The monoisotopic (exact) mass is 305 g/mol. The van der Waals surface area contributed by atoms with Gasteiger partial charge in [-0.2, -0.15) is 0 Å². The van der Waals surface area contributed by atoms with Crippen molar-refractivity contribution in [2.75, 3.05) is 20.8 Å². The average Bonchev–Trinajstić information content (AvgIpc) is 2.27. The number of aliphatic imine (C=N–C) groups is 1. The van der Waals surface area contributed by atoms with Gasteiger partial charge in [-0.1, -0.05) is 33.6 Å². The Bertz CT molecular complexity index is 367. The van der Waals surface area contributed by atoms with E-state index in [1.807, 2.05) is 18.2 Å². The minimum atomic E-state index is -0.303. The van der Waals surface area contributed by atoms with Gasteiger partial charge in [0.15, 0.2) is 6.29 Å². The lowest BCUT2D eigenvalue weighted by atomic mass is 10.2. The van der Waals surface area contributed by atoms with Crippen molar-refractivity contribution in [3.63, 3.8) is 0 Å². The van der Waals surface area contributed by atoms with Gasteiger partial charge in [0.2, 0.25) is 0 Å². The van der Waals surface area contributed by atoms with Crippen LogP contribution in [0.25, 0.3) is 0 Å². The maximum Gasteiger partial charge on any atom is 0.176 e. The van der Waals surface area contributed by atoms with Crippen molar-refractivity contribution in [3.05, 3.63) is 33.3 Å².